The van der Waals surface area contributed by atoms with E-state index in [0.717, 1.165) is 61.3 Å². The Kier molecular flexibility index (Phi) is 8.01. The number of pyridine rings is 1. The highest BCUT2D eigenvalue weighted by Gasteiger charge is 2.33. The van der Waals surface area contributed by atoms with E-state index in [9.17, 15) is 9.50 Å². The van der Waals surface area contributed by atoms with Crippen LogP contribution >= 0.6 is 0 Å². The Hall–Kier alpha value is -1.72. The molecule has 1 saturated carbocycles. The summed E-state index contributed by atoms with van der Waals surface area (Å²) in [4.78, 5) is 6.83. The number of aryl methyl sites for hydroxylation is 1. The molecule has 176 valence electrons. The number of piperidine rings is 1. The maximum atomic E-state index is 14.6. The van der Waals surface area contributed by atoms with E-state index in [-0.39, 0.29) is 17.8 Å². The third-order valence-electron chi connectivity index (χ3n) is 8.10. The Labute approximate surface area is 192 Å². The van der Waals surface area contributed by atoms with Crippen LogP contribution in [0.2, 0.25) is 0 Å². The van der Waals surface area contributed by atoms with Crippen molar-refractivity contribution in [3.05, 3.63) is 35.8 Å². The highest BCUT2D eigenvalue weighted by Crippen LogP contribution is 2.37. The van der Waals surface area contributed by atoms with Crippen LogP contribution in [0.3, 0.4) is 0 Å². The maximum Gasteiger partial charge on any atom is 0.145 e. The van der Waals surface area contributed by atoms with Gasteiger partial charge in [-0.15, -0.1) is 0 Å². The van der Waals surface area contributed by atoms with E-state index >= 15 is 0 Å². The molecule has 1 aromatic carbocycles. The molecule has 0 amide bonds. The Bertz CT molecular complexity index is 873. The molecule has 1 aliphatic heterocycles. The van der Waals surface area contributed by atoms with E-state index < -0.39 is 0 Å². The van der Waals surface area contributed by atoms with E-state index in [1.54, 1.807) is 7.11 Å². The SMILES string of the molecule is COc1ccc2ncc(F)c(CCCC3(CO)CCN(CCC4CCCCC4)CC3)c2c1. The van der Waals surface area contributed by atoms with Crippen molar-refractivity contribution in [2.24, 2.45) is 11.3 Å². The molecule has 1 saturated heterocycles. The van der Waals surface area contributed by atoms with Crippen LogP contribution in [0.25, 0.3) is 10.9 Å². The van der Waals surface area contributed by atoms with Gasteiger partial charge in [0.25, 0.3) is 0 Å². The van der Waals surface area contributed by atoms with Gasteiger partial charge in [-0.3, -0.25) is 4.98 Å². The van der Waals surface area contributed by atoms with Gasteiger partial charge in [-0.1, -0.05) is 32.1 Å². The second kappa shape index (κ2) is 10.9. The number of hydrogen-bond donors (Lipinski definition) is 1. The molecule has 1 aromatic heterocycles. The number of rotatable bonds is 9. The van der Waals surface area contributed by atoms with Gasteiger partial charge in [0, 0.05) is 12.0 Å². The summed E-state index contributed by atoms with van der Waals surface area (Å²) >= 11 is 0. The summed E-state index contributed by atoms with van der Waals surface area (Å²) in [6.45, 7) is 3.60. The molecule has 1 aliphatic carbocycles. The number of fused-ring (bicyclic) bond motifs is 1. The summed E-state index contributed by atoms with van der Waals surface area (Å²) in [7, 11) is 1.63. The van der Waals surface area contributed by atoms with Crippen molar-refractivity contribution in [3.8, 4) is 5.75 Å². The molecular formula is C27H39FN2O2. The van der Waals surface area contributed by atoms with Gasteiger partial charge in [0.1, 0.15) is 11.6 Å². The molecular weight excluding hydrogens is 403 g/mol. The highest BCUT2D eigenvalue weighted by atomic mass is 19.1. The number of aromatic nitrogens is 1. The van der Waals surface area contributed by atoms with Crippen LogP contribution in [0.5, 0.6) is 5.75 Å². The van der Waals surface area contributed by atoms with E-state index in [2.05, 4.69) is 9.88 Å². The molecule has 4 nitrogen and oxygen atoms in total. The highest BCUT2D eigenvalue weighted by molar-refractivity contribution is 5.83. The van der Waals surface area contributed by atoms with Crippen molar-refractivity contribution in [3.63, 3.8) is 0 Å². The smallest absolute Gasteiger partial charge is 0.145 e. The fourth-order valence-electron chi connectivity index (χ4n) is 5.80. The topological polar surface area (TPSA) is 45.6 Å². The summed E-state index contributed by atoms with van der Waals surface area (Å²) in [6.07, 6.45) is 14.3. The van der Waals surface area contributed by atoms with Crippen molar-refractivity contribution >= 4 is 10.9 Å². The molecule has 0 atom stereocenters. The average Bonchev–Trinajstić information content (AvgIpc) is 2.85. The lowest BCUT2D eigenvalue weighted by Crippen LogP contribution is -2.42. The van der Waals surface area contributed by atoms with E-state index in [1.165, 1.54) is 51.3 Å². The minimum atomic E-state index is -0.249. The van der Waals surface area contributed by atoms with Crippen molar-refractivity contribution < 1.29 is 14.2 Å². The van der Waals surface area contributed by atoms with Gasteiger partial charge in [0.05, 0.1) is 18.8 Å². The fourth-order valence-corrected chi connectivity index (χ4v) is 5.80. The molecule has 1 N–H and O–H groups in total. The molecule has 32 heavy (non-hydrogen) atoms. The predicted octanol–water partition coefficient (Wildman–Crippen LogP) is 5.75. The van der Waals surface area contributed by atoms with Gasteiger partial charge in [-0.25, -0.2) is 4.39 Å². The number of halogens is 1. The summed E-state index contributed by atoms with van der Waals surface area (Å²) in [5, 5.41) is 11.1. The second-order valence-electron chi connectivity index (χ2n) is 10.1. The van der Waals surface area contributed by atoms with Crippen LogP contribution in [-0.2, 0) is 6.42 Å². The molecule has 4 rings (SSSR count). The summed E-state index contributed by atoms with van der Waals surface area (Å²) in [5.41, 5.74) is 1.50. The zero-order chi connectivity index (χ0) is 22.4. The molecule has 2 aliphatic rings. The molecule has 0 bridgehead atoms. The third-order valence-corrected chi connectivity index (χ3v) is 8.10. The molecule has 0 spiro atoms. The van der Waals surface area contributed by atoms with Crippen molar-refractivity contribution in [2.45, 2.75) is 70.6 Å². The van der Waals surface area contributed by atoms with E-state index in [4.69, 9.17) is 4.74 Å². The third kappa shape index (κ3) is 5.60. The largest absolute Gasteiger partial charge is 0.497 e. The fraction of sp³-hybridized carbons (Fsp3) is 0.667. The molecule has 2 heterocycles. The first kappa shape index (κ1) is 23.4. The zero-order valence-corrected chi connectivity index (χ0v) is 19.6. The Balaban J connectivity index is 1.31. The van der Waals surface area contributed by atoms with Crippen LogP contribution in [0.15, 0.2) is 24.4 Å². The number of hydrogen-bond acceptors (Lipinski definition) is 4. The first-order chi connectivity index (χ1) is 15.6. The average molecular weight is 443 g/mol. The van der Waals surface area contributed by atoms with Crippen LogP contribution in [0.4, 0.5) is 4.39 Å². The van der Waals surface area contributed by atoms with Gasteiger partial charge in [-0.2, -0.15) is 0 Å². The van der Waals surface area contributed by atoms with Crippen molar-refractivity contribution in [2.75, 3.05) is 33.4 Å². The number of methoxy groups -OCH3 is 1. The van der Waals surface area contributed by atoms with Crippen LogP contribution < -0.4 is 4.74 Å². The number of aliphatic hydroxyl groups excluding tert-OH is 1. The molecule has 0 unspecified atom stereocenters. The number of likely N-dealkylation sites (tertiary alicyclic amines) is 1. The first-order valence-corrected chi connectivity index (χ1v) is 12.6. The summed E-state index contributed by atoms with van der Waals surface area (Å²) in [6, 6.07) is 5.63. The zero-order valence-electron chi connectivity index (χ0n) is 19.6. The normalized spacial score (nSPS) is 20.0. The quantitative estimate of drug-likeness (QED) is 0.537. The molecule has 2 aromatic rings. The lowest BCUT2D eigenvalue weighted by Gasteiger charge is -2.41. The lowest BCUT2D eigenvalue weighted by atomic mass is 9.74. The minimum Gasteiger partial charge on any atom is -0.497 e. The van der Waals surface area contributed by atoms with E-state index in [1.807, 2.05) is 18.2 Å². The van der Waals surface area contributed by atoms with Crippen molar-refractivity contribution in [1.82, 2.24) is 9.88 Å². The molecule has 0 radical (unpaired) electrons. The number of aliphatic hydroxyl groups is 1. The van der Waals surface area contributed by atoms with Gasteiger partial charge >= 0.3 is 0 Å². The maximum absolute atomic E-state index is 14.6. The van der Waals surface area contributed by atoms with Gasteiger partial charge in [0.15, 0.2) is 0 Å². The number of benzene rings is 1. The Morgan fingerprint density at radius 2 is 1.97 bits per heavy atom. The second-order valence-corrected chi connectivity index (χ2v) is 10.1. The molecule has 2 fully saturated rings. The Morgan fingerprint density at radius 1 is 1.19 bits per heavy atom. The lowest BCUT2D eigenvalue weighted by molar-refractivity contribution is 0.0333. The van der Waals surface area contributed by atoms with Crippen molar-refractivity contribution in [1.29, 1.82) is 0 Å². The van der Waals surface area contributed by atoms with E-state index in [0.29, 0.717) is 12.0 Å². The monoisotopic (exact) mass is 442 g/mol. The summed E-state index contributed by atoms with van der Waals surface area (Å²) < 4.78 is 20.0. The standard InChI is InChI=1S/C27H39FN2O2/c1-32-22-9-10-26-24(18-22)23(25(28)19-29-26)8-5-12-27(20-31)13-16-30(17-14-27)15-11-21-6-3-2-4-7-21/h9-10,18-19,21,31H,2-8,11-17,20H2,1H3. The first-order valence-electron chi connectivity index (χ1n) is 12.6. The van der Waals surface area contributed by atoms with Crippen LogP contribution in [0.1, 0.15) is 69.8 Å². The Morgan fingerprint density at radius 3 is 2.69 bits per heavy atom. The van der Waals surface area contributed by atoms with Crippen LogP contribution in [0, 0.1) is 17.2 Å². The van der Waals surface area contributed by atoms with Crippen LogP contribution in [-0.4, -0.2) is 48.3 Å². The van der Waals surface area contributed by atoms with Gasteiger partial charge in [0.2, 0.25) is 0 Å². The number of ether oxygens (including phenoxy) is 1. The van der Waals surface area contributed by atoms with Gasteiger partial charge in [-0.05, 0) is 93.3 Å². The van der Waals surface area contributed by atoms with Gasteiger partial charge < -0.3 is 14.7 Å². The summed E-state index contributed by atoms with van der Waals surface area (Å²) in [5.74, 6) is 1.40. The number of nitrogens with zero attached hydrogens (tertiary/aromatic N) is 2. The predicted molar refractivity (Wildman–Crippen MR) is 128 cm³/mol. The molecule has 5 heteroatoms. The minimum absolute atomic E-state index is 0.0155.